The van der Waals surface area contributed by atoms with Crippen molar-refractivity contribution in [1.29, 1.82) is 0 Å². The van der Waals surface area contributed by atoms with Crippen molar-refractivity contribution in [2.24, 2.45) is 0 Å². The van der Waals surface area contributed by atoms with Gasteiger partial charge in [-0.1, -0.05) is 64.5 Å². The van der Waals surface area contributed by atoms with E-state index in [1.165, 1.54) is 36.4 Å². The Labute approximate surface area is 261 Å². The number of alkyl halides is 1. The molecular weight excluding hydrogens is 698 g/mol. The van der Waals surface area contributed by atoms with Gasteiger partial charge in [0, 0.05) is 41.8 Å². The molecule has 0 saturated heterocycles. The Morgan fingerprint density at radius 3 is 2.57 bits per heavy atom. The first-order valence-corrected chi connectivity index (χ1v) is 16.6. The van der Waals surface area contributed by atoms with Gasteiger partial charge in [-0.15, -0.1) is 0 Å². The molecule has 1 atom stereocenters. The number of fused-ring (bicyclic) bond motifs is 1. The van der Waals surface area contributed by atoms with Crippen LogP contribution >= 0.6 is 34.2 Å². The van der Waals surface area contributed by atoms with Gasteiger partial charge in [-0.2, -0.15) is 0 Å². The van der Waals surface area contributed by atoms with E-state index in [-0.39, 0.29) is 34.4 Å². The van der Waals surface area contributed by atoms with Crippen LogP contribution in [0.25, 0.3) is 6.08 Å². The summed E-state index contributed by atoms with van der Waals surface area (Å²) < 4.78 is 38.2. The van der Waals surface area contributed by atoms with E-state index in [0.717, 1.165) is 17.4 Å². The van der Waals surface area contributed by atoms with Crippen molar-refractivity contribution < 1.29 is 32.3 Å². The van der Waals surface area contributed by atoms with Gasteiger partial charge in [0.1, 0.15) is 11.9 Å². The first-order chi connectivity index (χ1) is 19.9. The molecule has 1 aliphatic heterocycles. The van der Waals surface area contributed by atoms with Crippen LogP contribution in [0.15, 0.2) is 65.6 Å². The third-order valence-electron chi connectivity index (χ3n) is 6.94. The van der Waals surface area contributed by atoms with Crippen LogP contribution in [-0.4, -0.2) is 55.1 Å². The molecule has 0 spiro atoms. The summed E-state index contributed by atoms with van der Waals surface area (Å²) in [6, 6.07) is 12.3. The van der Waals surface area contributed by atoms with Gasteiger partial charge in [0.15, 0.2) is 9.84 Å². The van der Waals surface area contributed by atoms with Gasteiger partial charge in [-0.05, 0) is 59.0 Å². The summed E-state index contributed by atoms with van der Waals surface area (Å²) in [5, 5.41) is 12.5. The molecule has 2 amide bonds. The number of nitrogens with zero attached hydrogens (tertiary/aromatic N) is 1. The topological polar surface area (TPSA) is 121 Å². The molecule has 1 aliphatic rings. The Hall–Kier alpha value is -3.29. The van der Waals surface area contributed by atoms with E-state index in [1.807, 2.05) is 0 Å². The van der Waals surface area contributed by atoms with E-state index >= 15 is 0 Å². The van der Waals surface area contributed by atoms with E-state index in [2.05, 4.69) is 27.9 Å². The molecule has 3 aromatic carbocycles. The van der Waals surface area contributed by atoms with Crippen molar-refractivity contribution in [3.63, 3.8) is 0 Å². The number of amides is 2. The highest BCUT2D eigenvalue weighted by Crippen LogP contribution is 2.33. The van der Waals surface area contributed by atoms with Crippen LogP contribution in [0.5, 0.6) is 0 Å². The molecule has 4 rings (SSSR count). The summed E-state index contributed by atoms with van der Waals surface area (Å²) in [7, 11) is -3.49. The number of hydrogen-bond donors (Lipinski definition) is 2. The second kappa shape index (κ2) is 13.3. The zero-order chi connectivity index (χ0) is 30.6. The summed E-state index contributed by atoms with van der Waals surface area (Å²) in [5.41, 5.74) is 3.21. The van der Waals surface area contributed by atoms with Crippen LogP contribution in [0.2, 0.25) is 5.02 Å². The minimum absolute atomic E-state index is 0.0515. The maximum absolute atomic E-state index is 13.9. The van der Waals surface area contributed by atoms with Crippen LogP contribution in [-0.2, 0) is 43.2 Å². The van der Waals surface area contributed by atoms with Crippen molar-refractivity contribution in [2.75, 3.05) is 12.8 Å². The fourth-order valence-electron chi connectivity index (χ4n) is 4.81. The fourth-order valence-corrected chi connectivity index (χ4v) is 6.68. The number of benzene rings is 3. The highest BCUT2D eigenvalue weighted by atomic mass is 127. The minimum Gasteiger partial charge on any atom is -0.480 e. The molecule has 0 saturated carbocycles. The summed E-state index contributed by atoms with van der Waals surface area (Å²) in [5.74, 6) is -2.66. The third-order valence-corrected chi connectivity index (χ3v) is 9.11. The monoisotopic (exact) mass is 724 g/mol. The fraction of sp³-hybridized carbons (Fsp3) is 0.233. The third kappa shape index (κ3) is 7.37. The maximum atomic E-state index is 13.9. The highest BCUT2D eigenvalue weighted by Gasteiger charge is 2.29. The molecule has 12 heteroatoms. The van der Waals surface area contributed by atoms with Crippen molar-refractivity contribution >= 4 is 67.9 Å². The molecule has 0 fully saturated rings. The Balaban J connectivity index is 1.54. The zero-order valence-electron chi connectivity index (χ0n) is 22.4. The molecule has 2 N–H and O–H groups in total. The second-order valence-electron chi connectivity index (χ2n) is 9.84. The SMILES string of the molecule is CS(=O)(=O)c1cccc(CC(NC(=O)c2c(Cl)cc3c(c2CI)CCN(C(=O)/C=C/c2ccccc2F)C3)C(=O)O)c1. The van der Waals surface area contributed by atoms with Gasteiger partial charge in [0.05, 0.1) is 15.5 Å². The molecule has 0 aromatic heterocycles. The number of hydrogen-bond acceptors (Lipinski definition) is 5. The van der Waals surface area contributed by atoms with E-state index in [4.69, 9.17) is 11.6 Å². The molecule has 3 aromatic rings. The Kier molecular flexibility index (Phi) is 10.1. The number of carboxylic acid groups (broad SMARTS) is 1. The molecular formula is C30H27ClFIN2O6S. The number of halogens is 3. The molecule has 0 bridgehead atoms. The Morgan fingerprint density at radius 1 is 1.17 bits per heavy atom. The number of nitrogens with one attached hydrogen (secondary N) is 1. The lowest BCUT2D eigenvalue weighted by Gasteiger charge is -2.30. The highest BCUT2D eigenvalue weighted by molar-refractivity contribution is 14.1. The molecule has 0 radical (unpaired) electrons. The lowest BCUT2D eigenvalue weighted by molar-refractivity contribution is -0.139. The first-order valence-electron chi connectivity index (χ1n) is 12.8. The van der Waals surface area contributed by atoms with Crippen LogP contribution in [0.1, 0.15) is 38.2 Å². The predicted molar refractivity (Wildman–Crippen MR) is 166 cm³/mol. The van der Waals surface area contributed by atoms with E-state index in [0.29, 0.717) is 34.1 Å². The molecule has 1 unspecified atom stereocenters. The van der Waals surface area contributed by atoms with Crippen molar-refractivity contribution in [1.82, 2.24) is 10.2 Å². The Morgan fingerprint density at radius 2 is 1.90 bits per heavy atom. The van der Waals surface area contributed by atoms with Crippen LogP contribution in [0, 0.1) is 5.82 Å². The van der Waals surface area contributed by atoms with Crippen LogP contribution < -0.4 is 5.32 Å². The summed E-state index contributed by atoms with van der Waals surface area (Å²) in [4.78, 5) is 40.0. The largest absolute Gasteiger partial charge is 0.480 e. The number of carboxylic acids is 1. The normalized spacial score (nSPS) is 14.0. The molecule has 1 heterocycles. The van der Waals surface area contributed by atoms with Crippen LogP contribution in [0.4, 0.5) is 4.39 Å². The molecule has 42 heavy (non-hydrogen) atoms. The van der Waals surface area contributed by atoms with E-state index in [1.54, 1.807) is 35.2 Å². The summed E-state index contributed by atoms with van der Waals surface area (Å²) >= 11 is 8.70. The van der Waals surface area contributed by atoms with E-state index < -0.39 is 33.6 Å². The average molecular weight is 725 g/mol. The van der Waals surface area contributed by atoms with Gasteiger partial charge in [-0.3, -0.25) is 9.59 Å². The molecule has 0 aliphatic carbocycles. The lowest BCUT2D eigenvalue weighted by Crippen LogP contribution is -2.43. The van der Waals surface area contributed by atoms with Crippen LogP contribution in [0.3, 0.4) is 0 Å². The zero-order valence-corrected chi connectivity index (χ0v) is 26.2. The second-order valence-corrected chi connectivity index (χ2v) is 13.0. The molecule has 220 valence electrons. The van der Waals surface area contributed by atoms with Gasteiger partial charge in [0.25, 0.3) is 5.91 Å². The summed E-state index contributed by atoms with van der Waals surface area (Å²) in [6.45, 7) is 0.615. The number of carbonyl (C=O) groups is 3. The maximum Gasteiger partial charge on any atom is 0.326 e. The van der Waals surface area contributed by atoms with Crippen molar-refractivity contribution in [3.8, 4) is 0 Å². The molecule has 8 nitrogen and oxygen atoms in total. The van der Waals surface area contributed by atoms with Crippen molar-refractivity contribution in [2.45, 2.75) is 34.8 Å². The van der Waals surface area contributed by atoms with E-state index in [9.17, 15) is 32.3 Å². The Bertz CT molecular complexity index is 1690. The standard InChI is InChI=1S/C30H27ClFIN2O6S/c1-42(40,41)21-7-4-5-18(13-21)14-26(30(38)39)34-29(37)28-23(16-33)22-11-12-35(17-20(22)15-24(28)31)27(36)10-9-19-6-2-3-8-25(19)32/h2-10,13,15,26H,11-12,14,16-17H2,1H3,(H,34,37)(H,38,39)/b10-9+. The smallest absolute Gasteiger partial charge is 0.326 e. The van der Waals surface area contributed by atoms with Gasteiger partial charge < -0.3 is 15.3 Å². The van der Waals surface area contributed by atoms with Gasteiger partial charge >= 0.3 is 5.97 Å². The average Bonchev–Trinajstić information content (AvgIpc) is 2.94. The summed E-state index contributed by atoms with van der Waals surface area (Å²) in [6.07, 6.45) is 4.13. The lowest BCUT2D eigenvalue weighted by atomic mass is 9.91. The predicted octanol–water partition coefficient (Wildman–Crippen LogP) is 4.84. The van der Waals surface area contributed by atoms with Gasteiger partial charge in [0.2, 0.25) is 5.91 Å². The number of rotatable bonds is 9. The van der Waals surface area contributed by atoms with Crippen molar-refractivity contribution in [3.05, 3.63) is 105 Å². The number of aliphatic carboxylic acids is 1. The number of carbonyl (C=O) groups excluding carboxylic acids is 2. The quantitative estimate of drug-likeness (QED) is 0.185. The minimum atomic E-state index is -3.49. The first kappa shape index (κ1) is 31.6. The number of sulfone groups is 1. The van der Waals surface area contributed by atoms with Gasteiger partial charge in [-0.25, -0.2) is 17.6 Å².